The number of hydrogen-bond donors (Lipinski definition) is 1. The molecule has 1 aromatic carbocycles. The minimum atomic E-state index is -1.05. The van der Waals surface area contributed by atoms with Crippen LogP contribution in [0, 0.1) is 11.3 Å². The molecule has 2 amide bonds. The number of amides is 2. The highest BCUT2D eigenvalue weighted by Crippen LogP contribution is 2.43. The van der Waals surface area contributed by atoms with Crippen LogP contribution in [-0.2, 0) is 16.0 Å². The number of benzene rings is 1. The zero-order valence-electron chi connectivity index (χ0n) is 21.1. The van der Waals surface area contributed by atoms with Crippen LogP contribution >= 0.6 is 0 Å². The van der Waals surface area contributed by atoms with Crippen LogP contribution in [0.25, 0.3) is 11.1 Å². The molecule has 36 heavy (non-hydrogen) atoms. The van der Waals surface area contributed by atoms with Gasteiger partial charge in [-0.25, -0.2) is 9.97 Å². The average Bonchev–Trinajstić information content (AvgIpc) is 2.92. The van der Waals surface area contributed by atoms with E-state index in [1.807, 2.05) is 36.9 Å². The van der Waals surface area contributed by atoms with E-state index in [0.717, 1.165) is 35.3 Å². The van der Waals surface area contributed by atoms with Crippen molar-refractivity contribution in [2.45, 2.75) is 39.5 Å². The lowest BCUT2D eigenvalue weighted by Gasteiger charge is -2.39. The molecule has 2 aromatic rings. The zero-order chi connectivity index (χ0) is 25.7. The predicted octanol–water partition coefficient (Wildman–Crippen LogP) is 3.18. The summed E-state index contributed by atoms with van der Waals surface area (Å²) < 4.78 is 11.2. The van der Waals surface area contributed by atoms with Crippen LogP contribution in [0.15, 0.2) is 47.4 Å². The summed E-state index contributed by atoms with van der Waals surface area (Å²) in [6.07, 6.45) is 9.34. The number of allylic oxidation sites excluding steroid dienone is 1. The standard InChI is InChI=1S/C27H33N5O4/c1-4-11-32(12-5-2)24(33)22-9-10-27(17-31-22,25(28)34)19-13-21-20(7-6-8-23(21)36-16-19)18-14-29-26(35-3)30-15-18/h6-9,14-15,17,19H,4-5,10-13,16H2,1-3H3,(H2,28,34)/t19-,27?/m1/s1. The van der Waals surface area contributed by atoms with Gasteiger partial charge in [-0.2, -0.15) is 0 Å². The topological polar surface area (TPSA) is 120 Å². The van der Waals surface area contributed by atoms with Gasteiger partial charge in [-0.1, -0.05) is 32.1 Å². The molecular weight excluding hydrogens is 458 g/mol. The van der Waals surface area contributed by atoms with Gasteiger partial charge < -0.3 is 20.1 Å². The number of nitrogens with zero attached hydrogens (tertiary/aromatic N) is 4. The molecule has 1 aromatic heterocycles. The normalized spacial score (nSPS) is 20.6. The van der Waals surface area contributed by atoms with Gasteiger partial charge in [-0.15, -0.1) is 0 Å². The van der Waals surface area contributed by atoms with Crippen molar-refractivity contribution in [3.8, 4) is 22.9 Å². The van der Waals surface area contributed by atoms with Gasteiger partial charge >= 0.3 is 6.01 Å². The van der Waals surface area contributed by atoms with Gasteiger partial charge in [0.15, 0.2) is 0 Å². The van der Waals surface area contributed by atoms with Crippen LogP contribution in [-0.4, -0.2) is 59.7 Å². The summed E-state index contributed by atoms with van der Waals surface area (Å²) in [5.41, 5.74) is 7.98. The van der Waals surface area contributed by atoms with Crippen LogP contribution < -0.4 is 15.2 Å². The van der Waals surface area contributed by atoms with E-state index in [1.165, 1.54) is 7.11 Å². The van der Waals surface area contributed by atoms with E-state index < -0.39 is 11.3 Å². The monoisotopic (exact) mass is 491 g/mol. The molecule has 2 aliphatic heterocycles. The summed E-state index contributed by atoms with van der Waals surface area (Å²) in [5, 5.41) is 0. The Hall–Kier alpha value is -3.75. The molecule has 3 heterocycles. The quantitative estimate of drug-likeness (QED) is 0.575. The van der Waals surface area contributed by atoms with Crippen molar-refractivity contribution in [2.24, 2.45) is 22.1 Å². The van der Waals surface area contributed by atoms with E-state index in [1.54, 1.807) is 24.7 Å². The van der Waals surface area contributed by atoms with Crippen molar-refractivity contribution in [3.05, 3.63) is 47.9 Å². The second kappa shape index (κ2) is 10.9. The molecule has 2 atom stereocenters. The first kappa shape index (κ1) is 25.3. The van der Waals surface area contributed by atoms with E-state index in [-0.39, 0.29) is 17.8 Å². The number of methoxy groups -OCH3 is 1. The van der Waals surface area contributed by atoms with Crippen LogP contribution in [0.2, 0.25) is 0 Å². The first-order chi connectivity index (χ1) is 17.4. The molecule has 0 saturated carbocycles. The van der Waals surface area contributed by atoms with Gasteiger partial charge in [-0.3, -0.25) is 14.6 Å². The van der Waals surface area contributed by atoms with Crippen molar-refractivity contribution >= 4 is 18.0 Å². The number of rotatable bonds is 9. The fourth-order valence-corrected chi connectivity index (χ4v) is 4.92. The number of fused-ring (bicyclic) bond motifs is 1. The van der Waals surface area contributed by atoms with Crippen LogP contribution in [0.1, 0.15) is 38.7 Å². The van der Waals surface area contributed by atoms with E-state index in [4.69, 9.17) is 15.2 Å². The van der Waals surface area contributed by atoms with Crippen molar-refractivity contribution in [1.29, 1.82) is 0 Å². The largest absolute Gasteiger partial charge is 0.493 e. The Balaban J connectivity index is 1.60. The van der Waals surface area contributed by atoms with Crippen LogP contribution in [0.4, 0.5) is 0 Å². The maximum Gasteiger partial charge on any atom is 0.316 e. The molecule has 2 N–H and O–H groups in total. The van der Waals surface area contributed by atoms with Crippen LogP contribution in [0.5, 0.6) is 11.8 Å². The predicted molar refractivity (Wildman–Crippen MR) is 137 cm³/mol. The summed E-state index contributed by atoms with van der Waals surface area (Å²) >= 11 is 0. The van der Waals surface area contributed by atoms with Crippen molar-refractivity contribution in [2.75, 3.05) is 26.8 Å². The third-order valence-corrected chi connectivity index (χ3v) is 6.89. The molecule has 0 fully saturated rings. The summed E-state index contributed by atoms with van der Waals surface area (Å²) in [5.74, 6) is -0.0784. The maximum atomic E-state index is 13.0. The third-order valence-electron chi connectivity index (χ3n) is 6.89. The highest BCUT2D eigenvalue weighted by atomic mass is 16.5. The minimum Gasteiger partial charge on any atom is -0.493 e. The molecule has 2 aliphatic rings. The second-order valence-electron chi connectivity index (χ2n) is 9.20. The fraction of sp³-hybridized carbons (Fsp3) is 0.444. The van der Waals surface area contributed by atoms with E-state index in [0.29, 0.717) is 38.2 Å². The van der Waals surface area contributed by atoms with Gasteiger partial charge in [0, 0.05) is 48.7 Å². The number of ether oxygens (including phenoxy) is 2. The van der Waals surface area contributed by atoms with Gasteiger partial charge in [0.25, 0.3) is 5.91 Å². The van der Waals surface area contributed by atoms with Crippen molar-refractivity contribution in [1.82, 2.24) is 14.9 Å². The Morgan fingerprint density at radius 1 is 1.19 bits per heavy atom. The molecule has 190 valence electrons. The van der Waals surface area contributed by atoms with Gasteiger partial charge in [0.05, 0.1) is 19.1 Å². The van der Waals surface area contributed by atoms with E-state index in [2.05, 4.69) is 15.0 Å². The van der Waals surface area contributed by atoms with E-state index >= 15 is 0 Å². The first-order valence-electron chi connectivity index (χ1n) is 12.4. The molecule has 4 rings (SSSR count). The van der Waals surface area contributed by atoms with Crippen LogP contribution in [0.3, 0.4) is 0 Å². The Labute approximate surface area is 211 Å². The number of nitrogens with two attached hydrogens (primary N) is 1. The summed E-state index contributed by atoms with van der Waals surface area (Å²) in [6.45, 7) is 5.75. The smallest absolute Gasteiger partial charge is 0.316 e. The average molecular weight is 492 g/mol. The molecule has 9 nitrogen and oxygen atoms in total. The Kier molecular flexibility index (Phi) is 7.67. The summed E-state index contributed by atoms with van der Waals surface area (Å²) in [6, 6.07) is 6.10. The highest BCUT2D eigenvalue weighted by Gasteiger charge is 2.46. The first-order valence-corrected chi connectivity index (χ1v) is 12.4. The Morgan fingerprint density at radius 2 is 1.92 bits per heavy atom. The number of aromatic nitrogens is 2. The van der Waals surface area contributed by atoms with Gasteiger partial charge in [0.1, 0.15) is 11.4 Å². The molecule has 1 unspecified atom stereocenters. The molecule has 0 bridgehead atoms. The summed E-state index contributed by atoms with van der Waals surface area (Å²) in [4.78, 5) is 40.6. The summed E-state index contributed by atoms with van der Waals surface area (Å²) in [7, 11) is 1.52. The lowest BCUT2D eigenvalue weighted by atomic mass is 9.68. The lowest BCUT2D eigenvalue weighted by molar-refractivity contribution is -0.129. The van der Waals surface area contributed by atoms with Gasteiger partial charge in [-0.05, 0) is 37.3 Å². The highest BCUT2D eigenvalue weighted by molar-refractivity contribution is 6.03. The molecule has 0 radical (unpaired) electrons. The van der Waals surface area contributed by atoms with Gasteiger partial charge in [0.2, 0.25) is 5.91 Å². The number of hydrogen-bond acceptors (Lipinski definition) is 7. The number of primary amides is 1. The van der Waals surface area contributed by atoms with Crippen molar-refractivity contribution in [3.63, 3.8) is 0 Å². The molecule has 9 heteroatoms. The van der Waals surface area contributed by atoms with E-state index in [9.17, 15) is 9.59 Å². The lowest BCUT2D eigenvalue weighted by Crippen LogP contribution is -2.49. The number of carbonyl (C=O) groups excluding carboxylic acids is 2. The zero-order valence-corrected chi connectivity index (χ0v) is 21.1. The molecule has 0 spiro atoms. The Morgan fingerprint density at radius 3 is 2.50 bits per heavy atom. The van der Waals surface area contributed by atoms with Crippen molar-refractivity contribution < 1.29 is 19.1 Å². The number of carbonyl (C=O) groups is 2. The second-order valence-corrected chi connectivity index (χ2v) is 9.20. The maximum absolute atomic E-state index is 13.0. The number of aliphatic imine (C=N–C) groups is 1. The SMILES string of the molecule is CCCN(CCC)C(=O)C1=CCC(C(N)=O)([C@H]2COc3cccc(-c4cnc(OC)nc4)c3C2)C=N1. The molecule has 0 aliphatic carbocycles. The minimum absolute atomic E-state index is 0.111. The fourth-order valence-electron chi connectivity index (χ4n) is 4.92. The molecular formula is C27H33N5O4. The third kappa shape index (κ3) is 4.82. The molecule has 0 saturated heterocycles. The Bertz CT molecular complexity index is 1170.